The molecule has 2 aromatic rings. The maximum Gasteiger partial charge on any atom is 0.337 e. The quantitative estimate of drug-likeness (QED) is 0.785. The number of carboxylic acid groups (broad SMARTS) is 1. The van der Waals surface area contributed by atoms with E-state index in [1.54, 1.807) is 12.1 Å². The van der Waals surface area contributed by atoms with E-state index in [1.165, 1.54) is 6.20 Å². The molecular weight excluding hydrogens is 216 g/mol. The average Bonchev–Trinajstić information content (AvgIpc) is 2.35. The van der Waals surface area contributed by atoms with E-state index in [-0.39, 0.29) is 5.56 Å². The molecule has 0 atom stereocenters. The molecule has 1 aromatic heterocycles. The summed E-state index contributed by atoms with van der Waals surface area (Å²) >= 11 is 0. The largest absolute Gasteiger partial charge is 0.478 e. The fourth-order valence-electron chi connectivity index (χ4n) is 1.64. The molecule has 0 radical (unpaired) electrons. The summed E-state index contributed by atoms with van der Waals surface area (Å²) < 4.78 is 0. The van der Waals surface area contributed by atoms with Gasteiger partial charge in [-0.2, -0.15) is 0 Å². The van der Waals surface area contributed by atoms with Gasteiger partial charge >= 0.3 is 5.97 Å². The second kappa shape index (κ2) is 4.54. The van der Waals surface area contributed by atoms with Crippen LogP contribution >= 0.6 is 0 Å². The summed E-state index contributed by atoms with van der Waals surface area (Å²) in [4.78, 5) is 15.1. The lowest BCUT2D eigenvalue weighted by atomic mass is 10.1. The second-order valence-corrected chi connectivity index (χ2v) is 3.43. The molecule has 0 saturated heterocycles. The van der Waals surface area contributed by atoms with Gasteiger partial charge in [0.2, 0.25) is 0 Å². The molecule has 0 bridgehead atoms. The van der Waals surface area contributed by atoms with Crippen LogP contribution in [-0.2, 0) is 0 Å². The van der Waals surface area contributed by atoms with Gasteiger partial charge in [0, 0.05) is 17.0 Å². The Morgan fingerprint density at radius 1 is 1.41 bits per heavy atom. The molecule has 0 aliphatic heterocycles. The lowest BCUT2D eigenvalue weighted by molar-refractivity contribution is 0.0698. The van der Waals surface area contributed by atoms with E-state index in [9.17, 15) is 4.79 Å². The van der Waals surface area contributed by atoms with Crippen molar-refractivity contribution in [3.63, 3.8) is 0 Å². The van der Waals surface area contributed by atoms with Gasteiger partial charge in [0.25, 0.3) is 0 Å². The number of fused-ring (bicyclic) bond motifs is 1. The molecule has 4 nitrogen and oxygen atoms in total. The lowest BCUT2D eigenvalue weighted by Gasteiger charge is -2.08. The number of carboxylic acids is 1. The van der Waals surface area contributed by atoms with Crippen molar-refractivity contribution in [2.45, 2.75) is 0 Å². The number of nitrogens with zero attached hydrogens (tertiary/aromatic N) is 1. The van der Waals surface area contributed by atoms with Crippen molar-refractivity contribution in [1.82, 2.24) is 4.98 Å². The molecule has 4 heteroatoms. The molecule has 1 heterocycles. The first-order valence-corrected chi connectivity index (χ1v) is 5.02. The number of hydrogen-bond acceptors (Lipinski definition) is 3. The Labute approximate surface area is 98.3 Å². The van der Waals surface area contributed by atoms with Crippen LogP contribution in [0.4, 0.5) is 5.82 Å². The first-order valence-electron chi connectivity index (χ1n) is 5.02. The van der Waals surface area contributed by atoms with Gasteiger partial charge < -0.3 is 10.4 Å². The maximum atomic E-state index is 11.0. The third-order valence-corrected chi connectivity index (χ3v) is 2.38. The zero-order valence-electron chi connectivity index (χ0n) is 8.97. The van der Waals surface area contributed by atoms with Crippen LogP contribution in [0.15, 0.2) is 30.5 Å². The summed E-state index contributed by atoms with van der Waals surface area (Å²) in [5.74, 6) is 2.06. The van der Waals surface area contributed by atoms with Gasteiger partial charge in [-0.1, -0.05) is 30.2 Å². The molecule has 1 aromatic carbocycles. The van der Waals surface area contributed by atoms with Crippen molar-refractivity contribution in [2.75, 3.05) is 11.9 Å². The van der Waals surface area contributed by atoms with E-state index in [1.807, 2.05) is 12.1 Å². The van der Waals surface area contributed by atoms with Crippen LogP contribution in [0, 0.1) is 12.3 Å². The Kier molecular flexibility index (Phi) is 2.93. The second-order valence-electron chi connectivity index (χ2n) is 3.43. The first-order chi connectivity index (χ1) is 8.24. The highest BCUT2D eigenvalue weighted by Gasteiger charge is 2.11. The Balaban J connectivity index is 2.63. The molecule has 0 amide bonds. The highest BCUT2D eigenvalue weighted by molar-refractivity contribution is 6.06. The zero-order valence-corrected chi connectivity index (χ0v) is 8.97. The van der Waals surface area contributed by atoms with E-state index in [0.717, 1.165) is 5.39 Å². The molecule has 17 heavy (non-hydrogen) atoms. The monoisotopic (exact) mass is 226 g/mol. The zero-order chi connectivity index (χ0) is 12.3. The van der Waals surface area contributed by atoms with Gasteiger partial charge in [-0.3, -0.25) is 0 Å². The number of terminal acetylenes is 1. The van der Waals surface area contributed by atoms with Crippen LogP contribution in [0.5, 0.6) is 0 Å². The molecule has 84 valence electrons. The maximum absolute atomic E-state index is 11.0. The minimum atomic E-state index is -0.989. The predicted molar refractivity (Wildman–Crippen MR) is 66.0 cm³/mol. The standard InChI is InChI=1S/C13H10N2O2/c1-2-7-14-12-10-6-4-3-5-9(10)11(8-15-12)13(16)17/h1,3-6,8H,7H2,(H,14,15)(H,16,17). The lowest BCUT2D eigenvalue weighted by Crippen LogP contribution is -2.05. The number of rotatable bonds is 3. The molecule has 0 aliphatic rings. The Morgan fingerprint density at radius 2 is 2.12 bits per heavy atom. The van der Waals surface area contributed by atoms with Gasteiger partial charge in [0.05, 0.1) is 12.1 Å². The minimum Gasteiger partial charge on any atom is -0.478 e. The van der Waals surface area contributed by atoms with E-state index >= 15 is 0 Å². The minimum absolute atomic E-state index is 0.187. The summed E-state index contributed by atoms with van der Waals surface area (Å²) in [5.41, 5.74) is 0.187. The number of aromatic nitrogens is 1. The number of aromatic carboxylic acids is 1. The van der Waals surface area contributed by atoms with Gasteiger partial charge in [-0.15, -0.1) is 6.42 Å². The van der Waals surface area contributed by atoms with E-state index in [0.29, 0.717) is 17.7 Å². The van der Waals surface area contributed by atoms with Crippen molar-refractivity contribution in [2.24, 2.45) is 0 Å². The molecule has 0 saturated carbocycles. The summed E-state index contributed by atoms with van der Waals surface area (Å²) in [7, 11) is 0. The van der Waals surface area contributed by atoms with Gasteiger partial charge in [-0.05, 0) is 0 Å². The SMILES string of the molecule is C#CCNc1ncc(C(=O)O)c2ccccc12. The molecule has 0 unspecified atom stereocenters. The number of nitrogens with one attached hydrogen (secondary N) is 1. The van der Waals surface area contributed by atoms with Gasteiger partial charge in [0.15, 0.2) is 0 Å². The van der Waals surface area contributed by atoms with Crippen molar-refractivity contribution < 1.29 is 9.90 Å². The number of benzene rings is 1. The van der Waals surface area contributed by atoms with Crippen LogP contribution in [0.2, 0.25) is 0 Å². The van der Waals surface area contributed by atoms with Crippen molar-refractivity contribution in [1.29, 1.82) is 0 Å². The van der Waals surface area contributed by atoms with Crippen molar-refractivity contribution in [3.8, 4) is 12.3 Å². The molecule has 2 rings (SSSR count). The van der Waals surface area contributed by atoms with E-state index in [4.69, 9.17) is 11.5 Å². The van der Waals surface area contributed by atoms with Crippen LogP contribution < -0.4 is 5.32 Å². The molecule has 0 spiro atoms. The van der Waals surface area contributed by atoms with E-state index < -0.39 is 5.97 Å². The average molecular weight is 226 g/mol. The number of carbonyl (C=O) groups is 1. The summed E-state index contributed by atoms with van der Waals surface area (Å²) in [6, 6.07) is 7.19. The van der Waals surface area contributed by atoms with Crippen LogP contribution in [0.1, 0.15) is 10.4 Å². The fraction of sp³-hybridized carbons (Fsp3) is 0.0769. The van der Waals surface area contributed by atoms with Crippen LogP contribution in [0.3, 0.4) is 0 Å². The highest BCUT2D eigenvalue weighted by Crippen LogP contribution is 2.24. The molecular formula is C13H10N2O2. The molecule has 0 fully saturated rings. The number of hydrogen-bond donors (Lipinski definition) is 2. The van der Waals surface area contributed by atoms with Crippen molar-refractivity contribution in [3.05, 3.63) is 36.0 Å². The van der Waals surface area contributed by atoms with Crippen molar-refractivity contribution >= 4 is 22.6 Å². The van der Waals surface area contributed by atoms with Crippen LogP contribution in [-0.4, -0.2) is 22.6 Å². The first kappa shape index (κ1) is 11.0. The third-order valence-electron chi connectivity index (χ3n) is 2.38. The topological polar surface area (TPSA) is 62.2 Å². The summed E-state index contributed by atoms with van der Waals surface area (Å²) in [6.45, 7) is 0.351. The smallest absolute Gasteiger partial charge is 0.337 e. The number of anilines is 1. The Bertz CT molecular complexity index is 614. The highest BCUT2D eigenvalue weighted by atomic mass is 16.4. The molecule has 0 aliphatic carbocycles. The summed E-state index contributed by atoms with van der Waals surface area (Å²) in [5, 5.41) is 13.4. The van der Waals surface area contributed by atoms with Gasteiger partial charge in [0.1, 0.15) is 5.82 Å². The van der Waals surface area contributed by atoms with Gasteiger partial charge in [-0.25, -0.2) is 9.78 Å². The third kappa shape index (κ3) is 2.04. The Morgan fingerprint density at radius 3 is 2.76 bits per heavy atom. The Hall–Kier alpha value is -2.54. The predicted octanol–water partition coefficient (Wildman–Crippen LogP) is 1.98. The van der Waals surface area contributed by atoms with E-state index in [2.05, 4.69) is 16.2 Å². The van der Waals surface area contributed by atoms with Crippen LogP contribution in [0.25, 0.3) is 10.8 Å². The molecule has 2 N–H and O–H groups in total. The normalized spacial score (nSPS) is 9.82. The summed E-state index contributed by atoms with van der Waals surface area (Å²) in [6.07, 6.45) is 6.50. The number of pyridine rings is 1. The fourth-order valence-corrected chi connectivity index (χ4v) is 1.64.